The molecule has 28 heavy (non-hydrogen) atoms. The molecule has 2 aromatic rings. The number of nitrogens with zero attached hydrogens (tertiary/aromatic N) is 1. The minimum absolute atomic E-state index is 0.00903. The molecule has 0 aromatic heterocycles. The molecule has 0 radical (unpaired) electrons. The van der Waals surface area contributed by atoms with Gasteiger partial charge in [0.25, 0.3) is 0 Å². The van der Waals surface area contributed by atoms with Crippen LogP contribution >= 0.6 is 34.8 Å². The molecule has 0 unspecified atom stereocenters. The second-order valence-corrected chi connectivity index (χ2v) is 8.53. The molecule has 0 saturated heterocycles. The number of halogens is 3. The highest BCUT2D eigenvalue weighted by Crippen LogP contribution is 2.33. The number of amides is 1. The summed E-state index contributed by atoms with van der Waals surface area (Å²) in [5.41, 5.74) is 1.24. The van der Waals surface area contributed by atoms with E-state index in [-0.39, 0.29) is 18.6 Å². The summed E-state index contributed by atoms with van der Waals surface area (Å²) < 4.78 is 10.8. The van der Waals surface area contributed by atoms with Crippen LogP contribution in [0.2, 0.25) is 10.0 Å². The Kier molecular flexibility index (Phi) is 6.64. The predicted molar refractivity (Wildman–Crippen MR) is 113 cm³/mol. The van der Waals surface area contributed by atoms with Gasteiger partial charge in [-0.1, -0.05) is 35.3 Å². The van der Waals surface area contributed by atoms with E-state index in [1.165, 1.54) is 0 Å². The molecule has 0 atom stereocenters. The Hall–Kier alpha value is -1.62. The van der Waals surface area contributed by atoms with Gasteiger partial charge in [-0.05, 0) is 55.7 Å². The van der Waals surface area contributed by atoms with Gasteiger partial charge in [-0.3, -0.25) is 4.79 Å². The zero-order valence-electron chi connectivity index (χ0n) is 15.8. The SMILES string of the molecule is CC(C)(CCl)C(=O)N(CCc1ccc(Cl)cc1Cl)Cc1ccc2c(c1)OCO2. The molecule has 3 rings (SSSR count). The molecule has 150 valence electrons. The van der Waals surface area contributed by atoms with Crippen LogP contribution in [0.5, 0.6) is 11.5 Å². The van der Waals surface area contributed by atoms with Crippen molar-refractivity contribution >= 4 is 40.7 Å². The Bertz CT molecular complexity index is 870. The third-order valence-corrected chi connectivity index (χ3v) is 5.93. The zero-order valence-corrected chi connectivity index (χ0v) is 18.1. The van der Waals surface area contributed by atoms with Crippen LogP contribution in [0.15, 0.2) is 36.4 Å². The van der Waals surface area contributed by atoms with E-state index >= 15 is 0 Å². The van der Waals surface area contributed by atoms with Crippen molar-refractivity contribution in [3.05, 3.63) is 57.6 Å². The fourth-order valence-corrected chi connectivity index (χ4v) is 3.59. The van der Waals surface area contributed by atoms with Crippen LogP contribution in [-0.2, 0) is 17.8 Å². The van der Waals surface area contributed by atoms with Gasteiger partial charge in [-0.25, -0.2) is 0 Å². The van der Waals surface area contributed by atoms with Crippen molar-refractivity contribution in [2.24, 2.45) is 5.41 Å². The smallest absolute Gasteiger partial charge is 0.231 e. The summed E-state index contributed by atoms with van der Waals surface area (Å²) in [6.45, 7) is 4.88. The zero-order chi connectivity index (χ0) is 20.3. The fourth-order valence-electron chi connectivity index (χ4n) is 2.98. The Morgan fingerprint density at radius 3 is 2.57 bits per heavy atom. The van der Waals surface area contributed by atoms with Crippen molar-refractivity contribution in [3.8, 4) is 11.5 Å². The van der Waals surface area contributed by atoms with Gasteiger partial charge >= 0.3 is 0 Å². The number of hydrogen-bond donors (Lipinski definition) is 0. The minimum Gasteiger partial charge on any atom is -0.454 e. The van der Waals surface area contributed by atoms with Crippen molar-refractivity contribution in [3.63, 3.8) is 0 Å². The van der Waals surface area contributed by atoms with Crippen molar-refractivity contribution in [1.29, 1.82) is 0 Å². The molecule has 2 aromatic carbocycles. The largest absolute Gasteiger partial charge is 0.454 e. The highest BCUT2D eigenvalue weighted by Gasteiger charge is 2.31. The molecular weight excluding hydrogens is 421 g/mol. The number of alkyl halides is 1. The Labute approximate surface area is 180 Å². The summed E-state index contributed by atoms with van der Waals surface area (Å²) in [5, 5.41) is 1.19. The van der Waals surface area contributed by atoms with Gasteiger partial charge in [0.2, 0.25) is 12.7 Å². The topological polar surface area (TPSA) is 38.8 Å². The molecule has 1 heterocycles. The number of rotatable bonds is 7. The van der Waals surface area contributed by atoms with E-state index in [0.717, 1.165) is 16.9 Å². The maximum Gasteiger partial charge on any atom is 0.231 e. The van der Waals surface area contributed by atoms with Gasteiger partial charge in [-0.2, -0.15) is 0 Å². The number of ether oxygens (including phenoxy) is 2. The molecule has 1 aliphatic rings. The van der Waals surface area contributed by atoms with Crippen LogP contribution in [0, 0.1) is 5.41 Å². The standard InChI is InChI=1S/C21H22Cl3NO3/c1-21(2,12-22)20(26)25(8-7-15-4-5-16(23)10-17(15)24)11-14-3-6-18-19(9-14)28-13-27-18/h3-6,9-10H,7-8,11-13H2,1-2H3. The summed E-state index contributed by atoms with van der Waals surface area (Å²) in [5.74, 6) is 1.65. The van der Waals surface area contributed by atoms with Crippen LogP contribution < -0.4 is 9.47 Å². The van der Waals surface area contributed by atoms with E-state index in [2.05, 4.69) is 0 Å². The first-order chi connectivity index (χ1) is 13.3. The normalized spacial score (nSPS) is 12.9. The summed E-state index contributed by atoms with van der Waals surface area (Å²) in [6.07, 6.45) is 0.616. The lowest BCUT2D eigenvalue weighted by Crippen LogP contribution is -2.42. The van der Waals surface area contributed by atoms with E-state index in [1.54, 1.807) is 12.1 Å². The Morgan fingerprint density at radius 2 is 1.86 bits per heavy atom. The van der Waals surface area contributed by atoms with Gasteiger partial charge in [-0.15, -0.1) is 11.6 Å². The molecule has 0 aliphatic carbocycles. The van der Waals surface area contributed by atoms with Gasteiger partial charge in [0.1, 0.15) is 0 Å². The first kappa shape index (κ1) is 21.1. The van der Waals surface area contributed by atoms with Crippen molar-refractivity contribution in [1.82, 2.24) is 4.90 Å². The molecule has 1 amide bonds. The molecule has 0 spiro atoms. The van der Waals surface area contributed by atoms with Crippen LogP contribution in [0.4, 0.5) is 0 Å². The molecule has 0 saturated carbocycles. The van der Waals surface area contributed by atoms with Crippen LogP contribution in [-0.4, -0.2) is 30.0 Å². The average molecular weight is 443 g/mol. The third-order valence-electron chi connectivity index (χ3n) is 4.68. The lowest BCUT2D eigenvalue weighted by molar-refractivity contribution is -0.139. The molecule has 1 aliphatic heterocycles. The van der Waals surface area contributed by atoms with E-state index in [0.29, 0.717) is 35.3 Å². The van der Waals surface area contributed by atoms with Crippen molar-refractivity contribution in [2.75, 3.05) is 19.2 Å². The Morgan fingerprint density at radius 1 is 1.11 bits per heavy atom. The van der Waals surface area contributed by atoms with Gasteiger partial charge in [0.05, 0.1) is 5.41 Å². The monoisotopic (exact) mass is 441 g/mol. The van der Waals surface area contributed by atoms with Crippen molar-refractivity contribution in [2.45, 2.75) is 26.8 Å². The van der Waals surface area contributed by atoms with E-state index in [1.807, 2.05) is 43.0 Å². The molecule has 0 bridgehead atoms. The number of benzene rings is 2. The quantitative estimate of drug-likeness (QED) is 0.527. The summed E-state index contributed by atoms with van der Waals surface area (Å²) in [7, 11) is 0. The summed E-state index contributed by atoms with van der Waals surface area (Å²) >= 11 is 18.3. The van der Waals surface area contributed by atoms with Crippen molar-refractivity contribution < 1.29 is 14.3 Å². The lowest BCUT2D eigenvalue weighted by Gasteiger charge is -2.31. The summed E-state index contributed by atoms with van der Waals surface area (Å²) in [6, 6.07) is 11.1. The second kappa shape index (κ2) is 8.81. The van der Waals surface area contributed by atoms with Gasteiger partial charge in [0.15, 0.2) is 11.5 Å². The van der Waals surface area contributed by atoms with Gasteiger partial charge in [0, 0.05) is 29.0 Å². The average Bonchev–Trinajstić information content (AvgIpc) is 3.13. The maximum absolute atomic E-state index is 13.1. The first-order valence-corrected chi connectivity index (χ1v) is 10.3. The van der Waals surface area contributed by atoms with E-state index in [4.69, 9.17) is 44.3 Å². The summed E-state index contributed by atoms with van der Waals surface area (Å²) in [4.78, 5) is 14.9. The third kappa shape index (κ3) is 4.86. The molecule has 0 N–H and O–H groups in total. The van der Waals surface area contributed by atoms with Crippen LogP contribution in [0.1, 0.15) is 25.0 Å². The van der Waals surface area contributed by atoms with Crippen LogP contribution in [0.3, 0.4) is 0 Å². The number of carbonyl (C=O) groups excluding carboxylic acids is 1. The molecule has 4 nitrogen and oxygen atoms in total. The number of carbonyl (C=O) groups is 1. The van der Waals surface area contributed by atoms with Crippen LogP contribution in [0.25, 0.3) is 0 Å². The van der Waals surface area contributed by atoms with Gasteiger partial charge < -0.3 is 14.4 Å². The lowest BCUT2D eigenvalue weighted by atomic mass is 9.93. The molecule has 7 heteroatoms. The first-order valence-electron chi connectivity index (χ1n) is 8.98. The highest BCUT2D eigenvalue weighted by atomic mass is 35.5. The second-order valence-electron chi connectivity index (χ2n) is 7.42. The fraction of sp³-hybridized carbons (Fsp3) is 0.381. The van der Waals surface area contributed by atoms with E-state index < -0.39 is 5.41 Å². The number of fused-ring (bicyclic) bond motifs is 1. The Balaban J connectivity index is 1.79. The molecule has 0 fully saturated rings. The minimum atomic E-state index is -0.665. The predicted octanol–water partition coefficient (Wildman–Crippen LogP) is 5.56. The number of hydrogen-bond acceptors (Lipinski definition) is 3. The molecular formula is C21H22Cl3NO3. The maximum atomic E-state index is 13.1. The van der Waals surface area contributed by atoms with E-state index in [9.17, 15) is 4.79 Å². The highest BCUT2D eigenvalue weighted by molar-refractivity contribution is 6.35.